The first-order chi connectivity index (χ1) is 11.1. The third-order valence-electron chi connectivity index (χ3n) is 4.43. The Balaban J connectivity index is 1.70. The first-order valence-electron chi connectivity index (χ1n) is 7.42. The molecule has 0 saturated carbocycles. The molecule has 7 heteroatoms. The van der Waals surface area contributed by atoms with Gasteiger partial charge in [-0.2, -0.15) is 10.2 Å². The minimum atomic E-state index is -0.536. The molecule has 0 bridgehead atoms. The Morgan fingerprint density at radius 2 is 1.87 bits per heavy atom. The maximum Gasteiger partial charge on any atom is 0.249 e. The Bertz CT molecular complexity index is 879. The van der Waals surface area contributed by atoms with E-state index in [0.29, 0.717) is 12.1 Å². The average Bonchev–Trinajstić information content (AvgIpc) is 3.12. The molecule has 0 fully saturated rings. The second-order valence-electron chi connectivity index (χ2n) is 5.80. The van der Waals surface area contributed by atoms with Crippen LogP contribution in [-0.2, 0) is 9.59 Å². The van der Waals surface area contributed by atoms with Crippen LogP contribution in [0.1, 0.15) is 18.9 Å². The molecule has 3 N–H and O–H groups in total. The van der Waals surface area contributed by atoms with Gasteiger partial charge in [-0.25, -0.2) is 10.9 Å². The molecule has 23 heavy (non-hydrogen) atoms. The van der Waals surface area contributed by atoms with Gasteiger partial charge in [0, 0.05) is 34.8 Å². The summed E-state index contributed by atoms with van der Waals surface area (Å²) in [4.78, 5) is 27.4. The van der Waals surface area contributed by atoms with E-state index in [4.69, 9.17) is 0 Å². The molecule has 0 unspecified atom stereocenters. The molecule has 7 nitrogen and oxygen atoms in total. The molecule has 2 aliphatic heterocycles. The van der Waals surface area contributed by atoms with Crippen molar-refractivity contribution >= 4 is 34.1 Å². The Kier molecular flexibility index (Phi) is 3.00. The Hall–Kier alpha value is -2.96. The quantitative estimate of drug-likeness (QED) is 0.775. The van der Waals surface area contributed by atoms with Crippen LogP contribution >= 0.6 is 0 Å². The predicted molar refractivity (Wildman–Crippen MR) is 85.8 cm³/mol. The first kappa shape index (κ1) is 13.7. The van der Waals surface area contributed by atoms with Crippen LogP contribution in [0.2, 0.25) is 0 Å². The number of hydrazone groups is 2. The molecule has 2 atom stereocenters. The third-order valence-corrected chi connectivity index (χ3v) is 4.43. The molecule has 4 rings (SSSR count). The maximum atomic E-state index is 12.2. The van der Waals surface area contributed by atoms with Gasteiger partial charge in [-0.15, -0.1) is 0 Å². The van der Waals surface area contributed by atoms with Gasteiger partial charge < -0.3 is 4.98 Å². The number of nitrogens with zero attached hydrogens (tertiary/aromatic N) is 2. The van der Waals surface area contributed by atoms with Crippen molar-refractivity contribution in [1.29, 1.82) is 0 Å². The summed E-state index contributed by atoms with van der Waals surface area (Å²) in [5, 5.41) is 9.18. The van der Waals surface area contributed by atoms with Crippen LogP contribution in [0.15, 0.2) is 40.7 Å². The zero-order valence-electron chi connectivity index (χ0n) is 12.5. The fourth-order valence-corrected chi connectivity index (χ4v) is 3.25. The van der Waals surface area contributed by atoms with Gasteiger partial charge in [-0.3, -0.25) is 9.59 Å². The Morgan fingerprint density at radius 3 is 2.65 bits per heavy atom. The van der Waals surface area contributed by atoms with Gasteiger partial charge in [0.05, 0.1) is 17.5 Å². The minimum Gasteiger partial charge on any atom is -0.360 e. The van der Waals surface area contributed by atoms with Gasteiger partial charge >= 0.3 is 0 Å². The van der Waals surface area contributed by atoms with Crippen molar-refractivity contribution in [3.8, 4) is 0 Å². The third kappa shape index (κ3) is 2.12. The maximum absolute atomic E-state index is 12.2. The number of para-hydroxylation sites is 1. The van der Waals surface area contributed by atoms with Crippen LogP contribution in [-0.4, -0.2) is 28.2 Å². The average molecular weight is 309 g/mol. The summed E-state index contributed by atoms with van der Waals surface area (Å²) in [6.45, 7) is 1.76. The lowest BCUT2D eigenvalue weighted by atomic mass is 9.82. The lowest BCUT2D eigenvalue weighted by Gasteiger charge is -2.24. The molecule has 2 amide bonds. The monoisotopic (exact) mass is 309 g/mol. The molecular formula is C16H15N5O2. The van der Waals surface area contributed by atoms with Crippen molar-refractivity contribution in [2.45, 2.75) is 13.3 Å². The Morgan fingerprint density at radius 1 is 1.09 bits per heavy atom. The van der Waals surface area contributed by atoms with E-state index in [-0.39, 0.29) is 11.8 Å². The number of carbonyl (C=O) groups is 2. The van der Waals surface area contributed by atoms with Crippen molar-refractivity contribution in [3.63, 3.8) is 0 Å². The fourth-order valence-electron chi connectivity index (χ4n) is 3.25. The standard InChI is InChI=1S/C16H15N5O2/c1-8-14(16(23)21-18-8)10-6-13(19-20-15(10)22)11-7-17-12-5-3-2-4-9(11)12/h2-5,7,10,14,17H,6H2,1H3,(H,20,22)(H,21,23)/t10-,14+/m1/s1. The summed E-state index contributed by atoms with van der Waals surface area (Å²) in [5.41, 5.74) is 8.34. The van der Waals surface area contributed by atoms with Crippen molar-refractivity contribution in [2.24, 2.45) is 22.0 Å². The topological polar surface area (TPSA) is 98.7 Å². The van der Waals surface area contributed by atoms with E-state index in [0.717, 1.165) is 22.2 Å². The highest BCUT2D eigenvalue weighted by Crippen LogP contribution is 2.28. The number of rotatable bonds is 2. The smallest absolute Gasteiger partial charge is 0.249 e. The number of nitrogens with one attached hydrogen (secondary N) is 3. The zero-order valence-corrected chi connectivity index (χ0v) is 12.5. The second-order valence-corrected chi connectivity index (χ2v) is 5.80. The number of hydrogen-bond acceptors (Lipinski definition) is 4. The number of hydrogen-bond donors (Lipinski definition) is 3. The number of H-pyrrole nitrogens is 1. The van der Waals surface area contributed by atoms with E-state index in [1.807, 2.05) is 30.5 Å². The summed E-state index contributed by atoms with van der Waals surface area (Å²) in [6, 6.07) is 7.91. The lowest BCUT2D eigenvalue weighted by Crippen LogP contribution is -2.43. The highest BCUT2D eigenvalue weighted by atomic mass is 16.2. The summed E-state index contributed by atoms with van der Waals surface area (Å²) in [5.74, 6) is -1.51. The second kappa shape index (κ2) is 5.05. The molecule has 0 aliphatic carbocycles. The summed E-state index contributed by atoms with van der Waals surface area (Å²) >= 11 is 0. The number of benzene rings is 1. The van der Waals surface area contributed by atoms with Crippen molar-refractivity contribution in [3.05, 3.63) is 36.0 Å². The highest BCUT2D eigenvalue weighted by Gasteiger charge is 2.41. The van der Waals surface area contributed by atoms with Crippen LogP contribution in [0, 0.1) is 11.8 Å². The normalized spacial score (nSPS) is 24.2. The van der Waals surface area contributed by atoms with E-state index in [9.17, 15) is 9.59 Å². The first-order valence-corrected chi connectivity index (χ1v) is 7.42. The molecule has 0 radical (unpaired) electrons. The van der Waals surface area contributed by atoms with Crippen LogP contribution in [0.4, 0.5) is 0 Å². The molecule has 116 valence electrons. The SMILES string of the molecule is CC1=NNC(=O)[C@@H]1[C@H]1CC(c2c[nH]c3ccccc23)=NNC1=O. The molecule has 2 aromatic rings. The van der Waals surface area contributed by atoms with Crippen molar-refractivity contribution < 1.29 is 9.59 Å². The van der Waals surface area contributed by atoms with E-state index in [1.165, 1.54) is 0 Å². The lowest BCUT2D eigenvalue weighted by molar-refractivity contribution is -0.132. The number of aromatic nitrogens is 1. The van der Waals surface area contributed by atoms with Gasteiger partial charge in [-0.1, -0.05) is 18.2 Å². The van der Waals surface area contributed by atoms with Crippen LogP contribution in [0.5, 0.6) is 0 Å². The van der Waals surface area contributed by atoms with E-state index >= 15 is 0 Å². The van der Waals surface area contributed by atoms with Gasteiger partial charge in [0.1, 0.15) is 0 Å². The van der Waals surface area contributed by atoms with Crippen LogP contribution < -0.4 is 10.9 Å². The number of carbonyl (C=O) groups excluding carboxylic acids is 2. The zero-order chi connectivity index (χ0) is 16.0. The van der Waals surface area contributed by atoms with Gasteiger partial charge in [0.2, 0.25) is 11.8 Å². The molecule has 3 heterocycles. The molecule has 0 saturated heterocycles. The molecule has 1 aromatic heterocycles. The molecule has 2 aliphatic rings. The summed E-state index contributed by atoms with van der Waals surface area (Å²) in [7, 11) is 0. The van der Waals surface area contributed by atoms with Crippen LogP contribution in [0.3, 0.4) is 0 Å². The minimum absolute atomic E-state index is 0.233. The molecule has 0 spiro atoms. The summed E-state index contributed by atoms with van der Waals surface area (Å²) < 4.78 is 0. The fraction of sp³-hybridized carbons (Fsp3) is 0.250. The Labute approximate surface area is 131 Å². The molecule has 1 aromatic carbocycles. The number of fused-ring (bicyclic) bond motifs is 1. The van der Waals surface area contributed by atoms with E-state index in [1.54, 1.807) is 6.92 Å². The number of aromatic amines is 1. The highest BCUT2D eigenvalue weighted by molar-refractivity contribution is 6.15. The van der Waals surface area contributed by atoms with Crippen molar-refractivity contribution in [1.82, 2.24) is 15.8 Å². The van der Waals surface area contributed by atoms with Crippen molar-refractivity contribution in [2.75, 3.05) is 0 Å². The number of amides is 2. The largest absolute Gasteiger partial charge is 0.360 e. The van der Waals surface area contributed by atoms with Gasteiger partial charge in [0.15, 0.2) is 0 Å². The predicted octanol–water partition coefficient (Wildman–Crippen LogP) is 1.13. The molecular weight excluding hydrogens is 294 g/mol. The van der Waals surface area contributed by atoms with E-state index in [2.05, 4.69) is 26.0 Å². The van der Waals surface area contributed by atoms with E-state index < -0.39 is 11.8 Å². The van der Waals surface area contributed by atoms with Gasteiger partial charge in [0.25, 0.3) is 0 Å². The van der Waals surface area contributed by atoms with Crippen LogP contribution in [0.25, 0.3) is 10.9 Å². The van der Waals surface area contributed by atoms with Gasteiger partial charge in [-0.05, 0) is 13.0 Å². The summed E-state index contributed by atoms with van der Waals surface area (Å²) in [6.07, 6.45) is 2.28.